The molecule has 2 heterocycles. The number of nitrogens with one attached hydrogen (secondary N) is 2. The van der Waals surface area contributed by atoms with Crippen LogP contribution in [0.2, 0.25) is 0 Å². The smallest absolute Gasteiger partial charge is 0.338 e. The summed E-state index contributed by atoms with van der Waals surface area (Å²) in [6.07, 6.45) is 1.72. The fraction of sp³-hybridized carbons (Fsp3) is 0.250. The molecule has 2 amide bonds. The molecule has 0 saturated carbocycles. The van der Waals surface area contributed by atoms with Crippen molar-refractivity contribution in [3.8, 4) is 0 Å². The van der Waals surface area contributed by atoms with Gasteiger partial charge in [-0.3, -0.25) is 19.7 Å². The van der Waals surface area contributed by atoms with Gasteiger partial charge in [-0.15, -0.1) is 0 Å². The van der Waals surface area contributed by atoms with Gasteiger partial charge in [0, 0.05) is 12.6 Å². The first-order valence-corrected chi connectivity index (χ1v) is 9.36. The highest BCUT2D eigenvalue weighted by atomic mass is 16.6. The fourth-order valence-corrected chi connectivity index (χ4v) is 3.70. The summed E-state index contributed by atoms with van der Waals surface area (Å²) in [6.45, 7) is 0.170. The summed E-state index contributed by atoms with van der Waals surface area (Å²) in [7, 11) is 0. The van der Waals surface area contributed by atoms with Gasteiger partial charge in [-0.25, -0.2) is 4.79 Å². The van der Waals surface area contributed by atoms with Crippen LogP contribution < -0.4 is 15.5 Å². The number of benzene rings is 2. The Morgan fingerprint density at radius 2 is 2.07 bits per heavy atom. The first kappa shape index (κ1) is 19.4. The largest absolute Gasteiger partial charge is 0.452 e. The van der Waals surface area contributed by atoms with E-state index in [4.69, 9.17) is 4.74 Å². The second kappa shape index (κ2) is 7.82. The maximum absolute atomic E-state index is 12.3. The van der Waals surface area contributed by atoms with E-state index in [1.807, 2.05) is 4.90 Å². The van der Waals surface area contributed by atoms with Gasteiger partial charge >= 0.3 is 5.97 Å². The molecule has 4 rings (SSSR count). The Balaban J connectivity index is 1.40. The number of ether oxygens (including phenoxy) is 1. The normalized spacial score (nSPS) is 16.9. The predicted octanol–water partition coefficient (Wildman–Crippen LogP) is 2.31. The van der Waals surface area contributed by atoms with Crippen LogP contribution in [0, 0.1) is 10.1 Å². The molecule has 1 saturated heterocycles. The molecule has 1 fully saturated rings. The number of para-hydroxylation sites is 2. The second-order valence-corrected chi connectivity index (χ2v) is 6.97. The number of esters is 1. The lowest BCUT2D eigenvalue weighted by Gasteiger charge is -2.33. The van der Waals surface area contributed by atoms with Gasteiger partial charge in [-0.05, 0) is 37.1 Å². The van der Waals surface area contributed by atoms with Gasteiger partial charge in [0.05, 0.1) is 21.9 Å². The summed E-state index contributed by atoms with van der Waals surface area (Å²) in [5.74, 6) is -1.55. The van der Waals surface area contributed by atoms with Crippen LogP contribution in [-0.2, 0) is 14.3 Å². The maximum atomic E-state index is 12.3. The molecule has 0 spiro atoms. The zero-order chi connectivity index (χ0) is 21.3. The Morgan fingerprint density at radius 3 is 2.87 bits per heavy atom. The number of fused-ring (bicyclic) bond motifs is 3. The van der Waals surface area contributed by atoms with Crippen LogP contribution >= 0.6 is 0 Å². The van der Waals surface area contributed by atoms with Crippen molar-refractivity contribution in [1.82, 2.24) is 0 Å². The van der Waals surface area contributed by atoms with E-state index in [2.05, 4.69) is 10.6 Å². The molecule has 0 unspecified atom stereocenters. The molecular weight excluding hydrogens is 392 g/mol. The minimum atomic E-state index is -0.742. The molecular formula is C20H18N4O6. The molecule has 0 aromatic heterocycles. The molecule has 0 bridgehead atoms. The van der Waals surface area contributed by atoms with Gasteiger partial charge in [0.1, 0.15) is 11.7 Å². The van der Waals surface area contributed by atoms with E-state index in [1.54, 1.807) is 18.2 Å². The number of amides is 2. The Labute approximate surface area is 171 Å². The van der Waals surface area contributed by atoms with Crippen molar-refractivity contribution in [3.05, 3.63) is 58.1 Å². The van der Waals surface area contributed by atoms with Crippen molar-refractivity contribution in [3.63, 3.8) is 0 Å². The van der Waals surface area contributed by atoms with Crippen LogP contribution in [0.4, 0.5) is 22.7 Å². The van der Waals surface area contributed by atoms with E-state index in [9.17, 15) is 24.5 Å². The minimum Gasteiger partial charge on any atom is -0.452 e. The molecule has 2 aromatic carbocycles. The number of carbonyl (C=O) groups is 3. The molecule has 154 valence electrons. The number of anilines is 3. The Kier molecular flexibility index (Phi) is 5.05. The van der Waals surface area contributed by atoms with Crippen LogP contribution in [0.25, 0.3) is 0 Å². The van der Waals surface area contributed by atoms with Gasteiger partial charge in [0.25, 0.3) is 11.6 Å². The van der Waals surface area contributed by atoms with Crippen molar-refractivity contribution in [2.24, 2.45) is 0 Å². The first-order valence-electron chi connectivity index (χ1n) is 9.36. The lowest BCUT2D eigenvalue weighted by molar-refractivity contribution is -0.383. The first-order chi connectivity index (χ1) is 14.4. The molecule has 0 radical (unpaired) electrons. The van der Waals surface area contributed by atoms with Crippen molar-refractivity contribution in [2.75, 3.05) is 28.7 Å². The average molecular weight is 410 g/mol. The highest BCUT2D eigenvalue weighted by molar-refractivity contribution is 6.05. The molecule has 2 aliphatic heterocycles. The van der Waals surface area contributed by atoms with Gasteiger partial charge < -0.3 is 20.3 Å². The fourth-order valence-electron chi connectivity index (χ4n) is 3.70. The van der Waals surface area contributed by atoms with E-state index in [-0.39, 0.29) is 28.9 Å². The third-order valence-electron chi connectivity index (χ3n) is 5.06. The summed E-state index contributed by atoms with van der Waals surface area (Å²) in [5, 5.41) is 16.2. The number of nitro groups is 1. The lowest BCUT2D eigenvalue weighted by Crippen LogP contribution is -2.43. The van der Waals surface area contributed by atoms with Crippen molar-refractivity contribution in [2.45, 2.75) is 18.9 Å². The van der Waals surface area contributed by atoms with Gasteiger partial charge in [0.15, 0.2) is 6.61 Å². The van der Waals surface area contributed by atoms with Gasteiger partial charge in [-0.1, -0.05) is 12.1 Å². The average Bonchev–Trinajstić information content (AvgIpc) is 3.23. The van der Waals surface area contributed by atoms with Crippen LogP contribution in [-0.4, -0.2) is 41.9 Å². The second-order valence-electron chi connectivity index (χ2n) is 6.97. The molecule has 1 atom stereocenters. The highest BCUT2D eigenvalue weighted by Gasteiger charge is 2.36. The maximum Gasteiger partial charge on any atom is 0.338 e. The Hall–Kier alpha value is -3.95. The number of nitrogens with zero attached hydrogens (tertiary/aromatic N) is 2. The summed E-state index contributed by atoms with van der Waals surface area (Å²) in [5.41, 5.74) is 1.31. The zero-order valence-electron chi connectivity index (χ0n) is 15.8. The zero-order valence-corrected chi connectivity index (χ0v) is 15.8. The number of hydrogen-bond acceptors (Lipinski definition) is 7. The third-order valence-corrected chi connectivity index (χ3v) is 5.06. The summed E-state index contributed by atoms with van der Waals surface area (Å²) in [6, 6.07) is 10.3. The molecule has 0 aliphatic carbocycles. The van der Waals surface area contributed by atoms with Crippen LogP contribution in [0.1, 0.15) is 23.2 Å². The number of nitro benzene ring substituents is 1. The van der Waals surface area contributed by atoms with E-state index >= 15 is 0 Å². The SMILES string of the molecule is O=C(COC(=O)c1ccc2c(c1)NC(=O)[C@@H]1CCCN21)Nc1ccccc1[N+](=O)[O-]. The Morgan fingerprint density at radius 1 is 1.27 bits per heavy atom. The van der Waals surface area contributed by atoms with Crippen molar-refractivity contribution < 1.29 is 24.0 Å². The van der Waals surface area contributed by atoms with Crippen molar-refractivity contribution >= 4 is 40.5 Å². The Bertz CT molecular complexity index is 1050. The monoisotopic (exact) mass is 410 g/mol. The van der Waals surface area contributed by atoms with E-state index < -0.39 is 23.4 Å². The van der Waals surface area contributed by atoms with E-state index in [0.29, 0.717) is 5.69 Å². The summed E-state index contributed by atoms with van der Waals surface area (Å²) < 4.78 is 5.02. The van der Waals surface area contributed by atoms with E-state index in [0.717, 1.165) is 25.1 Å². The molecule has 30 heavy (non-hydrogen) atoms. The van der Waals surface area contributed by atoms with Gasteiger partial charge in [0.2, 0.25) is 5.91 Å². The van der Waals surface area contributed by atoms with Crippen LogP contribution in [0.15, 0.2) is 42.5 Å². The summed E-state index contributed by atoms with van der Waals surface area (Å²) in [4.78, 5) is 49.0. The molecule has 2 aliphatic rings. The highest BCUT2D eigenvalue weighted by Crippen LogP contribution is 2.37. The van der Waals surface area contributed by atoms with Crippen LogP contribution in [0.3, 0.4) is 0 Å². The third kappa shape index (κ3) is 3.66. The number of hydrogen-bond donors (Lipinski definition) is 2. The summed E-state index contributed by atoms with van der Waals surface area (Å²) >= 11 is 0. The lowest BCUT2D eigenvalue weighted by atomic mass is 10.1. The topological polar surface area (TPSA) is 131 Å². The van der Waals surface area contributed by atoms with Gasteiger partial charge in [-0.2, -0.15) is 0 Å². The molecule has 10 nitrogen and oxygen atoms in total. The predicted molar refractivity (Wildman–Crippen MR) is 107 cm³/mol. The molecule has 2 N–H and O–H groups in total. The quantitative estimate of drug-likeness (QED) is 0.439. The van der Waals surface area contributed by atoms with E-state index in [1.165, 1.54) is 24.3 Å². The number of rotatable bonds is 5. The van der Waals surface area contributed by atoms with Crippen molar-refractivity contribution in [1.29, 1.82) is 0 Å². The molecule has 10 heteroatoms. The minimum absolute atomic E-state index is 0.0141. The standard InChI is InChI=1S/C20H18N4O6/c25-18(21-13-4-1-2-5-16(13)24(28)29)11-30-20(27)12-7-8-15-14(10-12)22-19(26)17-6-3-9-23(15)17/h1-2,4-5,7-8,10,17H,3,6,9,11H2,(H,21,25)(H,22,26)/t17-/m0/s1. The van der Waals surface area contributed by atoms with Crippen LogP contribution in [0.5, 0.6) is 0 Å². The number of carbonyl (C=O) groups excluding carboxylic acids is 3. The molecule has 2 aromatic rings.